The Balaban J connectivity index is 4.50. The molecule has 0 saturated heterocycles. The van der Waals surface area contributed by atoms with E-state index in [0.29, 0.717) is 0 Å². The van der Waals surface area contributed by atoms with E-state index in [-0.39, 0.29) is 24.8 Å². The third-order valence-electron chi connectivity index (χ3n) is 1.63. The Labute approximate surface area is 91.6 Å². The summed E-state index contributed by atoms with van der Waals surface area (Å²) in [7, 11) is -4.30. The lowest BCUT2D eigenvalue weighted by Gasteiger charge is -2.07. The van der Waals surface area contributed by atoms with Crippen LogP contribution in [0.5, 0.6) is 0 Å². The molecule has 0 radical (unpaired) electrons. The SMILES string of the molecule is O=C(O)CC=C(CCC(=O)O)CP(=O)(O)O. The van der Waals surface area contributed by atoms with Crippen LogP contribution in [0.3, 0.4) is 0 Å². The van der Waals surface area contributed by atoms with Crippen LogP contribution in [-0.2, 0) is 14.2 Å². The molecular weight excluding hydrogens is 239 g/mol. The van der Waals surface area contributed by atoms with Crippen LogP contribution in [0.1, 0.15) is 19.3 Å². The topological polar surface area (TPSA) is 132 Å². The summed E-state index contributed by atoms with van der Waals surface area (Å²) < 4.78 is 10.7. The van der Waals surface area contributed by atoms with E-state index in [2.05, 4.69) is 0 Å². The summed E-state index contributed by atoms with van der Waals surface area (Å²) in [6, 6.07) is 0. The van der Waals surface area contributed by atoms with E-state index in [0.717, 1.165) is 6.08 Å². The van der Waals surface area contributed by atoms with E-state index in [4.69, 9.17) is 20.0 Å². The monoisotopic (exact) mass is 252 g/mol. The molecule has 0 bridgehead atoms. The third-order valence-corrected chi connectivity index (χ3v) is 2.45. The molecule has 0 unspecified atom stereocenters. The predicted molar refractivity (Wildman–Crippen MR) is 54.1 cm³/mol. The van der Waals surface area contributed by atoms with E-state index in [1.54, 1.807) is 0 Å². The molecule has 4 N–H and O–H groups in total. The smallest absolute Gasteiger partial charge is 0.329 e. The number of carbonyl (C=O) groups is 2. The number of carboxylic acid groups (broad SMARTS) is 2. The van der Waals surface area contributed by atoms with Gasteiger partial charge in [0.15, 0.2) is 0 Å². The minimum Gasteiger partial charge on any atom is -0.481 e. The quantitative estimate of drug-likeness (QED) is 0.381. The molecule has 8 heteroatoms. The fraction of sp³-hybridized carbons (Fsp3) is 0.500. The van der Waals surface area contributed by atoms with Crippen LogP contribution in [-0.4, -0.2) is 38.1 Å². The van der Waals surface area contributed by atoms with Crippen LogP contribution < -0.4 is 0 Å². The number of hydrogen-bond donors (Lipinski definition) is 4. The largest absolute Gasteiger partial charge is 0.481 e. The van der Waals surface area contributed by atoms with Crippen molar-refractivity contribution in [1.82, 2.24) is 0 Å². The molecule has 0 fully saturated rings. The minimum atomic E-state index is -4.30. The predicted octanol–water partition coefficient (Wildman–Crippen LogP) is 0.430. The van der Waals surface area contributed by atoms with Crippen LogP contribution in [0, 0.1) is 0 Å². The Morgan fingerprint density at radius 2 is 1.62 bits per heavy atom. The molecule has 92 valence electrons. The van der Waals surface area contributed by atoms with Crippen molar-refractivity contribution in [2.24, 2.45) is 0 Å². The van der Waals surface area contributed by atoms with E-state index in [1.807, 2.05) is 0 Å². The second kappa shape index (κ2) is 6.42. The van der Waals surface area contributed by atoms with E-state index < -0.39 is 25.7 Å². The van der Waals surface area contributed by atoms with Gasteiger partial charge in [0, 0.05) is 6.42 Å². The van der Waals surface area contributed by atoms with Crippen LogP contribution in [0.25, 0.3) is 0 Å². The summed E-state index contributed by atoms with van der Waals surface area (Å²) >= 11 is 0. The van der Waals surface area contributed by atoms with Gasteiger partial charge in [0.1, 0.15) is 0 Å². The first kappa shape index (κ1) is 14.8. The summed E-state index contributed by atoms with van der Waals surface area (Å²) in [4.78, 5) is 37.9. The maximum atomic E-state index is 10.7. The summed E-state index contributed by atoms with van der Waals surface area (Å²) in [5.41, 5.74) is 0.151. The Morgan fingerprint density at radius 1 is 1.06 bits per heavy atom. The molecule has 0 heterocycles. The van der Waals surface area contributed by atoms with E-state index >= 15 is 0 Å². The highest BCUT2D eigenvalue weighted by Crippen LogP contribution is 2.37. The first-order valence-corrected chi connectivity index (χ1v) is 6.16. The van der Waals surface area contributed by atoms with Gasteiger partial charge in [-0.15, -0.1) is 0 Å². The number of carboxylic acids is 2. The minimum absolute atomic E-state index is 0.0618. The van der Waals surface area contributed by atoms with Crippen LogP contribution in [0.15, 0.2) is 11.6 Å². The molecule has 0 amide bonds. The van der Waals surface area contributed by atoms with Gasteiger partial charge in [-0.05, 0) is 6.42 Å². The highest BCUT2D eigenvalue weighted by Gasteiger charge is 2.16. The zero-order chi connectivity index (χ0) is 12.8. The van der Waals surface area contributed by atoms with Crippen LogP contribution in [0.4, 0.5) is 0 Å². The maximum Gasteiger partial charge on any atom is 0.329 e. The molecule has 0 aliphatic carbocycles. The number of aliphatic carboxylic acids is 2. The molecule has 16 heavy (non-hydrogen) atoms. The average molecular weight is 252 g/mol. The Kier molecular flexibility index (Phi) is 5.95. The fourth-order valence-corrected chi connectivity index (χ4v) is 1.83. The zero-order valence-electron chi connectivity index (χ0n) is 8.37. The summed E-state index contributed by atoms with van der Waals surface area (Å²) in [6.45, 7) is 0. The summed E-state index contributed by atoms with van der Waals surface area (Å²) in [5, 5.41) is 16.8. The van der Waals surface area contributed by atoms with Crippen molar-refractivity contribution >= 4 is 19.5 Å². The van der Waals surface area contributed by atoms with Gasteiger partial charge in [0.05, 0.1) is 12.6 Å². The third kappa shape index (κ3) is 9.39. The molecule has 0 aliphatic rings. The van der Waals surface area contributed by atoms with Crippen molar-refractivity contribution in [3.63, 3.8) is 0 Å². The number of hydrogen-bond acceptors (Lipinski definition) is 3. The fourth-order valence-electron chi connectivity index (χ4n) is 1.01. The highest BCUT2D eigenvalue weighted by atomic mass is 31.2. The van der Waals surface area contributed by atoms with Gasteiger partial charge in [-0.2, -0.15) is 0 Å². The lowest BCUT2D eigenvalue weighted by atomic mass is 10.1. The van der Waals surface area contributed by atoms with Gasteiger partial charge in [-0.1, -0.05) is 11.6 Å². The Bertz CT molecular complexity index is 340. The first-order chi connectivity index (χ1) is 7.20. The van der Waals surface area contributed by atoms with E-state index in [1.165, 1.54) is 0 Å². The molecule has 0 atom stereocenters. The maximum absolute atomic E-state index is 10.7. The van der Waals surface area contributed by atoms with Gasteiger partial charge in [-0.25, -0.2) is 0 Å². The molecule has 0 aromatic heterocycles. The number of rotatable bonds is 7. The molecule has 0 rings (SSSR count). The van der Waals surface area contributed by atoms with Gasteiger partial charge in [-0.3, -0.25) is 14.2 Å². The standard InChI is InChI=1S/C8H13O7P/c9-7(10)3-1-6(2-4-8(11)12)5-16(13,14)15/h1H,2-5H2,(H,9,10)(H,11,12)(H2,13,14,15). The Hall–Kier alpha value is -1.17. The van der Waals surface area contributed by atoms with Gasteiger partial charge >= 0.3 is 19.5 Å². The van der Waals surface area contributed by atoms with Gasteiger partial charge in [0.25, 0.3) is 0 Å². The molecule has 0 saturated carbocycles. The zero-order valence-corrected chi connectivity index (χ0v) is 9.26. The van der Waals surface area contributed by atoms with Crippen LogP contribution >= 0.6 is 7.60 Å². The lowest BCUT2D eigenvalue weighted by Crippen LogP contribution is -2.01. The van der Waals surface area contributed by atoms with Crippen molar-refractivity contribution in [3.8, 4) is 0 Å². The number of allylic oxidation sites excluding steroid dienone is 1. The molecule has 0 aliphatic heterocycles. The molecular formula is C8H13O7P. The van der Waals surface area contributed by atoms with Crippen molar-refractivity contribution in [1.29, 1.82) is 0 Å². The molecule has 0 aromatic carbocycles. The normalized spacial score (nSPS) is 12.5. The average Bonchev–Trinajstić information content (AvgIpc) is 2.07. The molecule has 0 aromatic rings. The molecule has 0 spiro atoms. The second-order valence-electron chi connectivity index (χ2n) is 3.18. The van der Waals surface area contributed by atoms with Gasteiger partial charge < -0.3 is 20.0 Å². The van der Waals surface area contributed by atoms with Crippen LogP contribution in [0.2, 0.25) is 0 Å². The van der Waals surface area contributed by atoms with Crippen molar-refractivity contribution < 1.29 is 34.2 Å². The highest BCUT2D eigenvalue weighted by molar-refractivity contribution is 7.52. The van der Waals surface area contributed by atoms with Crippen molar-refractivity contribution in [2.75, 3.05) is 6.16 Å². The van der Waals surface area contributed by atoms with Crippen molar-refractivity contribution in [2.45, 2.75) is 19.3 Å². The lowest BCUT2D eigenvalue weighted by molar-refractivity contribution is -0.137. The summed E-state index contributed by atoms with van der Waals surface area (Å²) in [5.74, 6) is -2.24. The van der Waals surface area contributed by atoms with Crippen molar-refractivity contribution in [3.05, 3.63) is 11.6 Å². The Morgan fingerprint density at radius 3 is 2.00 bits per heavy atom. The first-order valence-electron chi connectivity index (χ1n) is 4.37. The molecule has 7 nitrogen and oxygen atoms in total. The van der Waals surface area contributed by atoms with E-state index in [9.17, 15) is 14.2 Å². The summed E-state index contributed by atoms with van der Waals surface area (Å²) in [6.07, 6.45) is -0.188. The second-order valence-corrected chi connectivity index (χ2v) is 4.82. The van der Waals surface area contributed by atoms with Gasteiger partial charge in [0.2, 0.25) is 0 Å².